The van der Waals surface area contributed by atoms with Gasteiger partial charge >= 0.3 is 5.97 Å². The topological polar surface area (TPSA) is 136 Å². The van der Waals surface area contributed by atoms with Gasteiger partial charge in [0.15, 0.2) is 6.61 Å². The van der Waals surface area contributed by atoms with E-state index >= 15 is 0 Å². The summed E-state index contributed by atoms with van der Waals surface area (Å²) in [5.41, 5.74) is 8.21. The molecule has 156 valence electrons. The number of hydrogen-bond donors (Lipinski definition) is 2. The van der Waals surface area contributed by atoms with Gasteiger partial charge in [-0.25, -0.2) is 9.80 Å². The fourth-order valence-corrected chi connectivity index (χ4v) is 5.11. The van der Waals surface area contributed by atoms with E-state index in [1.54, 1.807) is 23.2 Å². The van der Waals surface area contributed by atoms with Crippen LogP contribution in [-0.4, -0.2) is 29.6 Å². The Bertz CT molecular complexity index is 1130. The third kappa shape index (κ3) is 5.15. The Morgan fingerprint density at radius 3 is 2.45 bits per heavy atom. The summed E-state index contributed by atoms with van der Waals surface area (Å²) in [5.74, 6) is -1.38. The number of nitrogens with two attached hydrogens (primary N) is 1. The van der Waals surface area contributed by atoms with Crippen molar-refractivity contribution >= 4 is 68.6 Å². The molecule has 3 N–H and O–H groups in total. The molecule has 0 amide bonds. The molecule has 0 radical (unpaired) electrons. The molecule has 8 nitrogen and oxygen atoms in total. The number of halogens is 2. The zero-order valence-corrected chi connectivity index (χ0v) is 20.2. The van der Waals surface area contributed by atoms with Crippen LogP contribution in [0.5, 0.6) is 5.75 Å². The van der Waals surface area contributed by atoms with Crippen LogP contribution in [0.2, 0.25) is 0 Å². The Kier molecular flexibility index (Phi) is 7.48. The summed E-state index contributed by atoms with van der Waals surface area (Å²) in [5, 5.41) is 34.3. The standard InChI is InChI=1S/C21H15I2N5O3/c22-16-7-12(8-17(23)20(16)31-11-18(29)30)6-13(9-24)19-15(10-25)21(26)28(27-19)14-4-2-1-3-5-14/h1-8,15,21H,11,26H2,(H,29,30)/b13-6-/t15-,21-/m1/s1. The number of para-hydroxylation sites is 1. The molecule has 1 heterocycles. The van der Waals surface area contributed by atoms with Gasteiger partial charge in [0.1, 0.15) is 23.9 Å². The number of ether oxygens (including phenoxy) is 1. The van der Waals surface area contributed by atoms with E-state index in [2.05, 4.69) is 17.2 Å². The fraction of sp³-hybridized carbons (Fsp3) is 0.143. The molecule has 1 aliphatic heterocycles. The van der Waals surface area contributed by atoms with Gasteiger partial charge in [-0.15, -0.1) is 0 Å². The van der Waals surface area contributed by atoms with Crippen LogP contribution in [0.25, 0.3) is 6.08 Å². The lowest BCUT2D eigenvalue weighted by Gasteiger charge is -2.21. The second kappa shape index (κ2) is 10.1. The largest absolute Gasteiger partial charge is 0.480 e. The van der Waals surface area contributed by atoms with Gasteiger partial charge < -0.3 is 15.6 Å². The first-order valence-electron chi connectivity index (χ1n) is 8.89. The van der Waals surface area contributed by atoms with E-state index in [0.717, 1.165) is 5.69 Å². The van der Waals surface area contributed by atoms with Crippen molar-refractivity contribution < 1.29 is 14.6 Å². The van der Waals surface area contributed by atoms with Gasteiger partial charge in [-0.2, -0.15) is 15.6 Å². The molecule has 31 heavy (non-hydrogen) atoms. The van der Waals surface area contributed by atoms with Crippen molar-refractivity contribution in [3.63, 3.8) is 0 Å². The molecule has 0 aliphatic carbocycles. The fourth-order valence-electron chi connectivity index (χ4n) is 2.98. The minimum atomic E-state index is -1.07. The van der Waals surface area contributed by atoms with E-state index in [1.165, 1.54) is 0 Å². The number of allylic oxidation sites excluding steroid dienone is 1. The van der Waals surface area contributed by atoms with Crippen LogP contribution < -0.4 is 15.5 Å². The smallest absolute Gasteiger partial charge is 0.341 e. The van der Waals surface area contributed by atoms with Crippen LogP contribution in [-0.2, 0) is 4.79 Å². The number of benzene rings is 2. The Morgan fingerprint density at radius 2 is 1.90 bits per heavy atom. The summed E-state index contributed by atoms with van der Waals surface area (Å²) < 4.78 is 6.73. The van der Waals surface area contributed by atoms with E-state index in [1.807, 2.05) is 75.5 Å². The highest BCUT2D eigenvalue weighted by Crippen LogP contribution is 2.32. The second-order valence-electron chi connectivity index (χ2n) is 6.43. The van der Waals surface area contributed by atoms with Gasteiger partial charge in [0.2, 0.25) is 0 Å². The maximum atomic E-state index is 10.8. The van der Waals surface area contributed by atoms with Crippen molar-refractivity contribution in [2.24, 2.45) is 16.8 Å². The van der Waals surface area contributed by atoms with Crippen molar-refractivity contribution in [1.29, 1.82) is 10.5 Å². The van der Waals surface area contributed by atoms with Crippen LogP contribution in [0.3, 0.4) is 0 Å². The maximum absolute atomic E-state index is 10.8. The van der Waals surface area contributed by atoms with E-state index in [4.69, 9.17) is 15.6 Å². The van der Waals surface area contributed by atoms with Gasteiger partial charge in [-0.3, -0.25) is 0 Å². The molecular weight excluding hydrogens is 624 g/mol. The maximum Gasteiger partial charge on any atom is 0.341 e. The molecule has 0 unspecified atom stereocenters. The van der Waals surface area contributed by atoms with E-state index in [0.29, 0.717) is 24.2 Å². The van der Waals surface area contributed by atoms with Crippen LogP contribution in [0.1, 0.15) is 5.56 Å². The van der Waals surface area contributed by atoms with Crippen molar-refractivity contribution in [2.45, 2.75) is 6.17 Å². The molecule has 0 fully saturated rings. The quantitative estimate of drug-likeness (QED) is 0.365. The molecular formula is C21H15I2N5O3. The molecule has 2 aromatic carbocycles. The van der Waals surface area contributed by atoms with Gasteiger partial charge in [0.25, 0.3) is 0 Å². The SMILES string of the molecule is N#C/C(=C/c1cc(I)c(OCC(=O)O)c(I)c1)C1=NN(c2ccccc2)[C@@H](N)[C@@H]1C#N. The molecule has 0 spiro atoms. The summed E-state index contributed by atoms with van der Waals surface area (Å²) in [6.45, 7) is -0.446. The Labute approximate surface area is 205 Å². The van der Waals surface area contributed by atoms with Gasteiger partial charge in [-0.1, -0.05) is 18.2 Å². The number of nitrogens with zero attached hydrogens (tertiary/aromatic N) is 4. The van der Waals surface area contributed by atoms with E-state index in [9.17, 15) is 15.3 Å². The monoisotopic (exact) mass is 639 g/mol. The van der Waals surface area contributed by atoms with Crippen LogP contribution in [0, 0.1) is 35.7 Å². The zero-order valence-electron chi connectivity index (χ0n) is 15.9. The predicted octanol–water partition coefficient (Wildman–Crippen LogP) is 3.57. The average molecular weight is 639 g/mol. The summed E-state index contributed by atoms with van der Waals surface area (Å²) >= 11 is 4.09. The highest BCUT2D eigenvalue weighted by atomic mass is 127. The lowest BCUT2D eigenvalue weighted by molar-refractivity contribution is -0.139. The third-order valence-corrected chi connectivity index (χ3v) is 5.96. The highest BCUT2D eigenvalue weighted by molar-refractivity contribution is 14.1. The Morgan fingerprint density at radius 1 is 1.26 bits per heavy atom. The minimum absolute atomic E-state index is 0.228. The molecule has 0 saturated heterocycles. The van der Waals surface area contributed by atoms with Crippen LogP contribution >= 0.6 is 45.2 Å². The van der Waals surface area contributed by atoms with Crippen molar-refractivity contribution in [1.82, 2.24) is 0 Å². The molecule has 1 aliphatic rings. The molecule has 10 heteroatoms. The van der Waals surface area contributed by atoms with Crippen molar-refractivity contribution in [2.75, 3.05) is 11.6 Å². The van der Waals surface area contributed by atoms with Crippen LogP contribution in [0.15, 0.2) is 53.1 Å². The lowest BCUT2D eigenvalue weighted by Crippen LogP contribution is -2.40. The van der Waals surface area contributed by atoms with Crippen molar-refractivity contribution in [3.8, 4) is 17.9 Å². The number of carbonyl (C=O) groups is 1. The number of carboxylic acid groups (broad SMARTS) is 1. The number of hydrogen-bond acceptors (Lipinski definition) is 7. The summed E-state index contributed by atoms with van der Waals surface area (Å²) in [6, 6.07) is 17.0. The Balaban J connectivity index is 1.98. The highest BCUT2D eigenvalue weighted by Gasteiger charge is 2.37. The molecule has 2 atom stereocenters. The molecule has 0 saturated carbocycles. The Hall–Kier alpha value is -2.68. The predicted molar refractivity (Wildman–Crippen MR) is 132 cm³/mol. The number of aliphatic carboxylic acids is 1. The third-order valence-electron chi connectivity index (χ3n) is 4.36. The number of nitriles is 2. The van der Waals surface area contributed by atoms with Gasteiger partial charge in [-0.05, 0) is 81.1 Å². The number of carboxylic acids is 1. The molecule has 0 bridgehead atoms. The first-order chi connectivity index (χ1) is 14.8. The minimum Gasteiger partial charge on any atom is -0.480 e. The lowest BCUT2D eigenvalue weighted by atomic mass is 9.95. The molecule has 3 rings (SSSR count). The zero-order chi connectivity index (χ0) is 22.5. The average Bonchev–Trinajstić information content (AvgIpc) is 3.07. The van der Waals surface area contributed by atoms with Gasteiger partial charge in [0.05, 0.1) is 30.2 Å². The summed E-state index contributed by atoms with van der Waals surface area (Å²) in [7, 11) is 0. The number of rotatable bonds is 6. The van der Waals surface area contributed by atoms with Gasteiger partial charge in [0, 0.05) is 0 Å². The molecule has 0 aromatic heterocycles. The summed E-state index contributed by atoms with van der Waals surface area (Å²) in [6.07, 6.45) is 0.918. The normalized spacial score (nSPS) is 18.2. The summed E-state index contributed by atoms with van der Waals surface area (Å²) in [4.78, 5) is 10.8. The first kappa shape index (κ1) is 23.0. The van der Waals surface area contributed by atoms with E-state index < -0.39 is 24.7 Å². The second-order valence-corrected chi connectivity index (χ2v) is 8.75. The number of hydrazone groups is 1. The number of anilines is 1. The first-order valence-corrected chi connectivity index (χ1v) is 11.0. The van der Waals surface area contributed by atoms with Crippen molar-refractivity contribution in [3.05, 3.63) is 60.7 Å². The molecule has 2 aromatic rings. The van der Waals surface area contributed by atoms with Crippen LogP contribution in [0.4, 0.5) is 5.69 Å². The van der Waals surface area contributed by atoms with E-state index in [-0.39, 0.29) is 5.57 Å².